The molecule has 2 N–H and O–H groups in total. The summed E-state index contributed by atoms with van der Waals surface area (Å²) in [5, 5.41) is 6.00. The zero-order valence-electron chi connectivity index (χ0n) is 18.5. The number of carbonyl (C=O) groups excluding carboxylic acids is 1. The minimum Gasteiger partial charge on any atom is -0.494 e. The normalized spacial score (nSPS) is 10.3. The minimum absolute atomic E-state index is 0.130. The second-order valence-corrected chi connectivity index (χ2v) is 7.64. The summed E-state index contributed by atoms with van der Waals surface area (Å²) in [5.41, 5.74) is 3.81. The maximum atomic E-state index is 12.3. The third-order valence-electron chi connectivity index (χ3n) is 4.63. The van der Waals surface area contributed by atoms with Crippen molar-refractivity contribution in [1.82, 2.24) is 0 Å². The third kappa shape index (κ3) is 8.19. The number of hydrogen-bond donors (Lipinski definition) is 2. The van der Waals surface area contributed by atoms with Crippen LogP contribution >= 0.6 is 0 Å². The summed E-state index contributed by atoms with van der Waals surface area (Å²) < 4.78 is 11.4. The van der Waals surface area contributed by atoms with E-state index in [0.29, 0.717) is 13.2 Å². The molecule has 3 rings (SSSR count). The van der Waals surface area contributed by atoms with Crippen molar-refractivity contribution in [1.29, 1.82) is 0 Å². The fourth-order valence-electron chi connectivity index (χ4n) is 3.04. The van der Waals surface area contributed by atoms with Gasteiger partial charge in [-0.25, -0.2) is 0 Å². The summed E-state index contributed by atoms with van der Waals surface area (Å²) in [5.74, 6) is 1.40. The Balaban J connectivity index is 1.38. The topological polar surface area (TPSA) is 59.6 Å². The summed E-state index contributed by atoms with van der Waals surface area (Å²) in [6, 6.07) is 25.3. The molecule has 0 aliphatic heterocycles. The van der Waals surface area contributed by atoms with Crippen molar-refractivity contribution in [3.05, 3.63) is 96.6 Å². The van der Waals surface area contributed by atoms with Gasteiger partial charge in [0.1, 0.15) is 18.1 Å². The second kappa shape index (κ2) is 12.2. The lowest BCUT2D eigenvalue weighted by Gasteiger charge is -2.11. The standard InChI is InChI=1S/C27H30N2O3/c1-21(2)20-32-26-12-6-11-24(18-26)28-19-27(30)29-23-13-15-25(16-14-23)31-17-7-10-22-8-4-3-5-9-22/h3-6,8-9,11-16,18,28H,1,7,10,17,19-20H2,2H3,(H,29,30). The smallest absolute Gasteiger partial charge is 0.243 e. The Morgan fingerprint density at radius 1 is 0.875 bits per heavy atom. The lowest BCUT2D eigenvalue weighted by Crippen LogP contribution is -2.21. The Morgan fingerprint density at radius 3 is 2.41 bits per heavy atom. The van der Waals surface area contributed by atoms with Gasteiger partial charge in [-0.1, -0.05) is 43.0 Å². The molecule has 0 fully saturated rings. The van der Waals surface area contributed by atoms with Gasteiger partial charge in [-0.2, -0.15) is 0 Å². The van der Waals surface area contributed by atoms with E-state index in [2.05, 4.69) is 41.5 Å². The summed E-state index contributed by atoms with van der Waals surface area (Å²) in [4.78, 5) is 12.3. The molecule has 0 saturated heterocycles. The summed E-state index contributed by atoms with van der Waals surface area (Å²) >= 11 is 0. The average molecular weight is 431 g/mol. The first-order valence-electron chi connectivity index (χ1n) is 10.8. The first kappa shape index (κ1) is 22.9. The third-order valence-corrected chi connectivity index (χ3v) is 4.63. The molecule has 0 bridgehead atoms. The monoisotopic (exact) mass is 430 g/mol. The van der Waals surface area contributed by atoms with Crippen molar-refractivity contribution in [2.45, 2.75) is 19.8 Å². The van der Waals surface area contributed by atoms with Crippen LogP contribution in [0, 0.1) is 0 Å². The van der Waals surface area contributed by atoms with Crippen LogP contribution in [0.25, 0.3) is 0 Å². The number of aryl methyl sites for hydroxylation is 1. The van der Waals surface area contributed by atoms with Gasteiger partial charge in [0, 0.05) is 17.4 Å². The highest BCUT2D eigenvalue weighted by atomic mass is 16.5. The van der Waals surface area contributed by atoms with E-state index in [1.165, 1.54) is 5.56 Å². The van der Waals surface area contributed by atoms with E-state index in [-0.39, 0.29) is 12.5 Å². The number of rotatable bonds is 12. The van der Waals surface area contributed by atoms with Crippen molar-refractivity contribution >= 4 is 17.3 Å². The van der Waals surface area contributed by atoms with Gasteiger partial charge >= 0.3 is 0 Å². The van der Waals surface area contributed by atoms with Crippen LogP contribution in [0.4, 0.5) is 11.4 Å². The molecule has 0 heterocycles. The molecular formula is C27H30N2O3. The van der Waals surface area contributed by atoms with E-state index in [9.17, 15) is 4.79 Å². The Morgan fingerprint density at radius 2 is 1.66 bits per heavy atom. The van der Waals surface area contributed by atoms with Gasteiger partial charge in [-0.3, -0.25) is 4.79 Å². The molecule has 0 aliphatic carbocycles. The van der Waals surface area contributed by atoms with Crippen molar-refractivity contribution in [2.24, 2.45) is 0 Å². The fourth-order valence-corrected chi connectivity index (χ4v) is 3.04. The Bertz CT molecular complexity index is 1000. The van der Waals surface area contributed by atoms with Crippen molar-refractivity contribution < 1.29 is 14.3 Å². The number of hydrogen-bond acceptors (Lipinski definition) is 4. The van der Waals surface area contributed by atoms with Gasteiger partial charge in [-0.15, -0.1) is 0 Å². The number of carbonyl (C=O) groups is 1. The van der Waals surface area contributed by atoms with Gasteiger partial charge in [0.15, 0.2) is 0 Å². The lowest BCUT2D eigenvalue weighted by atomic mass is 10.1. The van der Waals surface area contributed by atoms with Crippen molar-refractivity contribution in [3.8, 4) is 11.5 Å². The highest BCUT2D eigenvalue weighted by Gasteiger charge is 2.04. The molecular weight excluding hydrogens is 400 g/mol. The number of ether oxygens (including phenoxy) is 2. The SMILES string of the molecule is C=C(C)COc1cccc(NCC(=O)Nc2ccc(OCCCc3ccccc3)cc2)c1. The fraction of sp³-hybridized carbons (Fsp3) is 0.222. The van der Waals surface area contributed by atoms with Crippen LogP contribution in [0.1, 0.15) is 18.9 Å². The maximum absolute atomic E-state index is 12.3. The Hall–Kier alpha value is -3.73. The lowest BCUT2D eigenvalue weighted by molar-refractivity contribution is -0.114. The second-order valence-electron chi connectivity index (χ2n) is 7.64. The molecule has 5 nitrogen and oxygen atoms in total. The molecule has 166 valence electrons. The minimum atomic E-state index is -0.130. The number of nitrogens with one attached hydrogen (secondary N) is 2. The molecule has 5 heteroatoms. The van der Waals surface area contributed by atoms with Crippen LogP contribution in [0.3, 0.4) is 0 Å². The number of amides is 1. The largest absolute Gasteiger partial charge is 0.494 e. The molecule has 1 amide bonds. The summed E-state index contributed by atoms with van der Waals surface area (Å²) in [6.07, 6.45) is 1.94. The molecule has 0 aliphatic rings. The zero-order valence-corrected chi connectivity index (χ0v) is 18.5. The van der Waals surface area contributed by atoms with Crippen molar-refractivity contribution in [2.75, 3.05) is 30.4 Å². The van der Waals surface area contributed by atoms with E-state index < -0.39 is 0 Å². The molecule has 3 aromatic rings. The van der Waals surface area contributed by atoms with E-state index in [1.807, 2.05) is 61.5 Å². The number of benzene rings is 3. The quantitative estimate of drug-likeness (QED) is 0.286. The summed E-state index contributed by atoms with van der Waals surface area (Å²) in [7, 11) is 0. The molecule has 3 aromatic carbocycles. The van der Waals surface area contributed by atoms with Crippen LogP contribution in [-0.4, -0.2) is 25.7 Å². The van der Waals surface area contributed by atoms with Gasteiger partial charge in [-0.05, 0) is 67.3 Å². The molecule has 0 radical (unpaired) electrons. The molecule has 0 atom stereocenters. The van der Waals surface area contributed by atoms with E-state index >= 15 is 0 Å². The van der Waals surface area contributed by atoms with Gasteiger partial charge in [0.05, 0.1) is 13.2 Å². The van der Waals surface area contributed by atoms with E-state index in [4.69, 9.17) is 9.47 Å². The van der Waals surface area contributed by atoms with Crippen LogP contribution in [0.5, 0.6) is 11.5 Å². The van der Waals surface area contributed by atoms with Crippen LogP contribution < -0.4 is 20.1 Å². The number of anilines is 2. The molecule has 0 saturated carbocycles. The molecule has 0 spiro atoms. The predicted molar refractivity (Wildman–Crippen MR) is 131 cm³/mol. The van der Waals surface area contributed by atoms with Gasteiger partial charge < -0.3 is 20.1 Å². The Labute approximate surface area is 190 Å². The van der Waals surface area contributed by atoms with Crippen LogP contribution in [0.15, 0.2) is 91.0 Å². The first-order chi connectivity index (χ1) is 15.6. The summed E-state index contributed by atoms with van der Waals surface area (Å²) in [6.45, 7) is 7.02. The van der Waals surface area contributed by atoms with Crippen molar-refractivity contribution in [3.63, 3.8) is 0 Å². The van der Waals surface area contributed by atoms with Crippen LogP contribution in [0.2, 0.25) is 0 Å². The van der Waals surface area contributed by atoms with E-state index in [0.717, 1.165) is 41.3 Å². The van der Waals surface area contributed by atoms with E-state index in [1.54, 1.807) is 0 Å². The zero-order chi connectivity index (χ0) is 22.6. The van der Waals surface area contributed by atoms with Gasteiger partial charge in [0.2, 0.25) is 5.91 Å². The molecule has 32 heavy (non-hydrogen) atoms. The maximum Gasteiger partial charge on any atom is 0.243 e. The highest BCUT2D eigenvalue weighted by Crippen LogP contribution is 2.18. The molecule has 0 aromatic heterocycles. The molecule has 0 unspecified atom stereocenters. The first-order valence-corrected chi connectivity index (χ1v) is 10.8. The van der Waals surface area contributed by atoms with Crippen LogP contribution in [-0.2, 0) is 11.2 Å². The Kier molecular flexibility index (Phi) is 8.75. The van der Waals surface area contributed by atoms with Gasteiger partial charge in [0.25, 0.3) is 0 Å². The highest BCUT2D eigenvalue weighted by molar-refractivity contribution is 5.93. The average Bonchev–Trinajstić information content (AvgIpc) is 2.81. The predicted octanol–water partition coefficient (Wildman–Crippen LogP) is 5.70.